The lowest BCUT2D eigenvalue weighted by Crippen LogP contribution is -2.36. The van der Waals surface area contributed by atoms with E-state index in [4.69, 9.17) is 0 Å². The summed E-state index contributed by atoms with van der Waals surface area (Å²) in [6.45, 7) is 8.24. The molecule has 0 bridgehead atoms. The number of hydrogen-bond acceptors (Lipinski definition) is 6. The maximum atomic E-state index is 13.6. The molecular weight excluding hydrogens is 556 g/mol. The van der Waals surface area contributed by atoms with Crippen molar-refractivity contribution < 1.29 is 18.0 Å². The van der Waals surface area contributed by atoms with Gasteiger partial charge in [-0.2, -0.15) is 4.31 Å². The second-order valence-corrected chi connectivity index (χ2v) is 14.4. The summed E-state index contributed by atoms with van der Waals surface area (Å²) in [5, 5.41) is 3.61. The predicted molar refractivity (Wildman–Crippen MR) is 161 cm³/mol. The Balaban J connectivity index is 1.22. The van der Waals surface area contributed by atoms with Gasteiger partial charge in [-0.3, -0.25) is 14.5 Å². The SMILES string of the molecule is CC(C)N1CCc2c(sc(NC(=O)c3ccc(S(=O)(=O)N4CCc5ccccc5C4)cc3)c2C(=O)N2CCCC2)C1. The fraction of sp³-hybridized carbons (Fsp3) is 0.419. The first-order valence-corrected chi connectivity index (χ1v) is 16.6. The van der Waals surface area contributed by atoms with Crippen LogP contribution >= 0.6 is 11.3 Å². The molecule has 4 heterocycles. The van der Waals surface area contributed by atoms with E-state index in [2.05, 4.69) is 24.1 Å². The van der Waals surface area contributed by atoms with E-state index in [1.54, 1.807) is 12.1 Å². The second-order valence-electron chi connectivity index (χ2n) is 11.4. The van der Waals surface area contributed by atoms with Crippen molar-refractivity contribution in [3.05, 3.63) is 81.2 Å². The molecule has 0 unspecified atom stereocenters. The lowest BCUT2D eigenvalue weighted by Gasteiger charge is -2.30. The third kappa shape index (κ3) is 5.46. The first-order chi connectivity index (χ1) is 19.7. The molecule has 1 N–H and O–H groups in total. The summed E-state index contributed by atoms with van der Waals surface area (Å²) in [6, 6.07) is 14.4. The zero-order chi connectivity index (χ0) is 28.7. The first kappa shape index (κ1) is 28.1. The average molecular weight is 593 g/mol. The standard InChI is InChI=1S/C31H36N4O4S2/c1-21(2)34-17-14-26-27(20-34)40-30(28(26)31(37)33-15-5-6-16-33)32-29(36)23-9-11-25(12-10-23)41(38,39)35-18-13-22-7-3-4-8-24(22)19-35/h3-4,7-12,21H,5-6,13-20H2,1-2H3,(H,32,36). The normalized spacial score (nSPS) is 17.9. The Morgan fingerprint density at radius 3 is 2.29 bits per heavy atom. The van der Waals surface area contributed by atoms with E-state index >= 15 is 0 Å². The molecule has 0 saturated carbocycles. The van der Waals surface area contributed by atoms with Crippen LogP contribution in [0.1, 0.15) is 69.0 Å². The third-order valence-corrected chi connectivity index (χ3v) is 11.5. The van der Waals surface area contributed by atoms with Crippen LogP contribution in [0.3, 0.4) is 0 Å². The van der Waals surface area contributed by atoms with Crippen molar-refractivity contribution in [1.29, 1.82) is 0 Å². The minimum absolute atomic E-state index is 0.00200. The molecule has 1 fully saturated rings. The summed E-state index contributed by atoms with van der Waals surface area (Å²) in [5.74, 6) is -0.353. The minimum Gasteiger partial charge on any atom is -0.339 e. The quantitative estimate of drug-likeness (QED) is 0.446. The van der Waals surface area contributed by atoms with Crippen LogP contribution in [0.5, 0.6) is 0 Å². The van der Waals surface area contributed by atoms with Crippen LogP contribution in [0.2, 0.25) is 0 Å². The van der Waals surface area contributed by atoms with Gasteiger partial charge in [0.1, 0.15) is 5.00 Å². The molecule has 0 atom stereocenters. The number of likely N-dealkylation sites (tertiary alicyclic amines) is 1. The number of thiophene rings is 1. The van der Waals surface area contributed by atoms with Gasteiger partial charge < -0.3 is 10.2 Å². The summed E-state index contributed by atoms with van der Waals surface area (Å²) in [5.41, 5.74) is 4.24. The number of fused-ring (bicyclic) bond motifs is 2. The number of anilines is 1. The number of carbonyl (C=O) groups excluding carboxylic acids is 2. The van der Waals surface area contributed by atoms with Crippen molar-refractivity contribution in [2.45, 2.75) is 63.6 Å². The maximum absolute atomic E-state index is 13.6. The van der Waals surface area contributed by atoms with Crippen LogP contribution in [0.15, 0.2) is 53.4 Å². The highest BCUT2D eigenvalue weighted by molar-refractivity contribution is 7.89. The summed E-state index contributed by atoms with van der Waals surface area (Å²) >= 11 is 1.49. The number of benzene rings is 2. The van der Waals surface area contributed by atoms with Crippen LogP contribution < -0.4 is 5.32 Å². The lowest BCUT2D eigenvalue weighted by atomic mass is 10.0. The van der Waals surface area contributed by atoms with Crippen LogP contribution in [-0.2, 0) is 36.0 Å². The summed E-state index contributed by atoms with van der Waals surface area (Å²) in [6.07, 6.45) is 3.45. The molecule has 1 saturated heterocycles. The zero-order valence-electron chi connectivity index (χ0n) is 23.6. The predicted octanol–water partition coefficient (Wildman–Crippen LogP) is 4.75. The van der Waals surface area contributed by atoms with Crippen molar-refractivity contribution >= 4 is 38.2 Å². The van der Waals surface area contributed by atoms with Gasteiger partial charge in [-0.1, -0.05) is 24.3 Å². The van der Waals surface area contributed by atoms with E-state index in [0.29, 0.717) is 41.7 Å². The topological polar surface area (TPSA) is 90.0 Å². The molecule has 6 rings (SSSR count). The molecule has 2 amide bonds. The molecule has 8 nitrogen and oxygen atoms in total. The zero-order valence-corrected chi connectivity index (χ0v) is 25.2. The first-order valence-electron chi connectivity index (χ1n) is 14.4. The van der Waals surface area contributed by atoms with Crippen LogP contribution in [0, 0.1) is 0 Å². The molecule has 0 aliphatic carbocycles. The van der Waals surface area contributed by atoms with Gasteiger partial charge in [-0.25, -0.2) is 8.42 Å². The van der Waals surface area contributed by atoms with Gasteiger partial charge in [0.2, 0.25) is 10.0 Å². The van der Waals surface area contributed by atoms with Crippen molar-refractivity contribution in [3.63, 3.8) is 0 Å². The van der Waals surface area contributed by atoms with Crippen molar-refractivity contribution in [2.24, 2.45) is 0 Å². The van der Waals surface area contributed by atoms with E-state index in [-0.39, 0.29) is 16.7 Å². The highest BCUT2D eigenvalue weighted by atomic mass is 32.2. The molecule has 216 valence electrons. The van der Waals surface area contributed by atoms with E-state index in [9.17, 15) is 18.0 Å². The fourth-order valence-corrected chi connectivity index (χ4v) is 8.71. The number of nitrogens with one attached hydrogen (secondary N) is 1. The van der Waals surface area contributed by atoms with Gasteiger partial charge in [0.25, 0.3) is 11.8 Å². The summed E-state index contributed by atoms with van der Waals surface area (Å²) in [7, 11) is -3.70. The molecular formula is C31H36N4O4S2. The fourth-order valence-electron chi connectivity index (χ4n) is 6.03. The Hall–Kier alpha value is -3.05. The Morgan fingerprint density at radius 1 is 0.878 bits per heavy atom. The molecule has 3 aliphatic rings. The Labute approximate surface area is 246 Å². The highest BCUT2D eigenvalue weighted by Crippen LogP contribution is 2.39. The van der Waals surface area contributed by atoms with Crippen molar-refractivity contribution in [1.82, 2.24) is 14.1 Å². The Morgan fingerprint density at radius 2 is 1.59 bits per heavy atom. The molecule has 41 heavy (non-hydrogen) atoms. The summed E-state index contributed by atoms with van der Waals surface area (Å²) in [4.78, 5) is 32.6. The number of amides is 2. The maximum Gasteiger partial charge on any atom is 0.257 e. The molecule has 3 aliphatic heterocycles. The largest absolute Gasteiger partial charge is 0.339 e. The summed E-state index contributed by atoms with van der Waals surface area (Å²) < 4.78 is 28.3. The minimum atomic E-state index is -3.70. The van der Waals surface area contributed by atoms with Gasteiger partial charge in [0.15, 0.2) is 0 Å². The van der Waals surface area contributed by atoms with E-state index in [1.807, 2.05) is 29.2 Å². The van der Waals surface area contributed by atoms with E-state index < -0.39 is 10.0 Å². The van der Waals surface area contributed by atoms with E-state index in [0.717, 1.165) is 61.4 Å². The average Bonchev–Trinajstić information content (AvgIpc) is 3.64. The highest BCUT2D eigenvalue weighted by Gasteiger charge is 2.33. The Bertz CT molecular complexity index is 1570. The molecule has 10 heteroatoms. The number of nitrogens with zero attached hydrogens (tertiary/aromatic N) is 3. The monoisotopic (exact) mass is 592 g/mol. The second kappa shape index (κ2) is 11.3. The number of sulfonamides is 1. The van der Waals surface area contributed by atoms with Crippen LogP contribution in [-0.4, -0.2) is 66.6 Å². The van der Waals surface area contributed by atoms with Crippen LogP contribution in [0.25, 0.3) is 0 Å². The lowest BCUT2D eigenvalue weighted by molar-refractivity contribution is 0.0792. The molecule has 3 aromatic rings. The third-order valence-electron chi connectivity index (χ3n) is 8.50. The van der Waals surface area contributed by atoms with Gasteiger partial charge in [0.05, 0.1) is 10.5 Å². The van der Waals surface area contributed by atoms with E-state index in [1.165, 1.54) is 33.3 Å². The molecule has 0 radical (unpaired) electrons. The van der Waals surface area contributed by atoms with Gasteiger partial charge in [0, 0.05) is 55.8 Å². The number of hydrogen-bond donors (Lipinski definition) is 1. The van der Waals surface area contributed by atoms with Crippen molar-refractivity contribution in [3.8, 4) is 0 Å². The smallest absolute Gasteiger partial charge is 0.257 e. The van der Waals surface area contributed by atoms with Crippen LogP contribution in [0.4, 0.5) is 5.00 Å². The van der Waals surface area contributed by atoms with Gasteiger partial charge in [-0.15, -0.1) is 11.3 Å². The molecule has 1 aromatic heterocycles. The molecule has 0 spiro atoms. The van der Waals surface area contributed by atoms with Gasteiger partial charge in [-0.05, 0) is 80.5 Å². The number of rotatable bonds is 6. The van der Waals surface area contributed by atoms with Gasteiger partial charge >= 0.3 is 0 Å². The Kier molecular flexibility index (Phi) is 7.76. The molecule has 2 aromatic carbocycles. The van der Waals surface area contributed by atoms with Crippen molar-refractivity contribution in [2.75, 3.05) is 31.5 Å². The number of carbonyl (C=O) groups is 2.